The van der Waals surface area contributed by atoms with E-state index in [2.05, 4.69) is 45.8 Å². The first-order chi connectivity index (χ1) is 25.5. The molecule has 2 aromatic heterocycles. The highest BCUT2D eigenvalue weighted by molar-refractivity contribution is 6.11. The van der Waals surface area contributed by atoms with Crippen molar-refractivity contribution in [3.8, 4) is 23.7 Å². The van der Waals surface area contributed by atoms with Crippen LogP contribution in [0.3, 0.4) is 0 Å². The van der Waals surface area contributed by atoms with Crippen LogP contribution in [0.2, 0.25) is 0 Å². The number of ketones is 1. The van der Waals surface area contributed by atoms with Gasteiger partial charge in [0.2, 0.25) is 0 Å². The zero-order valence-corrected chi connectivity index (χ0v) is 28.2. The topological polar surface area (TPSA) is 49.3 Å². The van der Waals surface area contributed by atoms with Crippen LogP contribution in [0.4, 0.5) is 20.2 Å². The van der Waals surface area contributed by atoms with Crippen molar-refractivity contribution in [2.24, 2.45) is 0 Å². The first kappa shape index (κ1) is 32.6. The van der Waals surface area contributed by atoms with Crippen molar-refractivity contribution < 1.29 is 13.6 Å². The van der Waals surface area contributed by atoms with Crippen LogP contribution in [0.1, 0.15) is 60.7 Å². The fourth-order valence-electron chi connectivity index (χ4n) is 6.85. The largest absolute Gasteiger partial charge is 0.364 e. The van der Waals surface area contributed by atoms with Crippen molar-refractivity contribution in [2.45, 2.75) is 25.9 Å². The van der Waals surface area contributed by atoms with Crippen molar-refractivity contribution in [1.82, 2.24) is 9.97 Å². The third kappa shape index (κ3) is 6.77. The number of fused-ring (bicyclic) bond motifs is 2. The second-order valence-corrected chi connectivity index (χ2v) is 12.9. The maximum absolute atomic E-state index is 16.8. The Labute approximate surface area is 301 Å². The zero-order valence-electron chi connectivity index (χ0n) is 28.2. The first-order valence-corrected chi connectivity index (χ1v) is 17.2. The van der Waals surface area contributed by atoms with E-state index in [1.165, 1.54) is 23.3 Å². The van der Waals surface area contributed by atoms with E-state index in [-0.39, 0.29) is 22.5 Å². The molecule has 0 fully saturated rings. The summed E-state index contributed by atoms with van der Waals surface area (Å²) in [5.74, 6) is 10.00. The number of nitrogens with zero attached hydrogens (tertiary/aromatic N) is 4. The fraction of sp³-hybridized carbons (Fsp3) is 0.133. The average Bonchev–Trinajstić information content (AvgIpc) is 3.20. The summed E-state index contributed by atoms with van der Waals surface area (Å²) in [6.45, 7) is 2.02. The van der Waals surface area contributed by atoms with Crippen molar-refractivity contribution in [3.05, 3.63) is 189 Å². The van der Waals surface area contributed by atoms with Gasteiger partial charge < -0.3 is 9.80 Å². The number of benzene rings is 4. The lowest BCUT2D eigenvalue weighted by Gasteiger charge is -2.32. The highest BCUT2D eigenvalue weighted by Crippen LogP contribution is 2.34. The van der Waals surface area contributed by atoms with Gasteiger partial charge in [0, 0.05) is 49.7 Å². The lowest BCUT2D eigenvalue weighted by molar-refractivity contribution is 0.103. The molecule has 8 rings (SSSR count). The number of hydrogen-bond acceptors (Lipinski definition) is 5. The molecule has 2 aliphatic rings. The van der Waals surface area contributed by atoms with E-state index in [0.717, 1.165) is 24.0 Å². The molecule has 0 atom stereocenters. The minimum Gasteiger partial charge on any atom is -0.364 e. The Hall–Kier alpha value is -6.57. The third-order valence-electron chi connectivity index (χ3n) is 9.54. The molecule has 0 saturated carbocycles. The summed E-state index contributed by atoms with van der Waals surface area (Å²) >= 11 is 0. The van der Waals surface area contributed by atoms with Gasteiger partial charge in [-0.15, -0.1) is 0 Å². The minimum absolute atomic E-state index is 0.241. The van der Waals surface area contributed by atoms with Crippen LogP contribution in [0, 0.1) is 35.3 Å². The second-order valence-electron chi connectivity index (χ2n) is 12.9. The fourth-order valence-corrected chi connectivity index (χ4v) is 6.85. The highest BCUT2D eigenvalue weighted by atomic mass is 19.1. The van der Waals surface area contributed by atoms with E-state index < -0.39 is 17.4 Å². The van der Waals surface area contributed by atoms with Gasteiger partial charge in [-0.25, -0.2) is 18.7 Å². The SMILES string of the molecule is O=C(c1cc(C#Cc2ccccn2)cc(N2CCc3ccccc3C2)c1F)c1cc(C#Cc2ccccn2)cc(N2CCc3ccccc3C2)c1F. The van der Waals surface area contributed by atoms with Gasteiger partial charge in [-0.2, -0.15) is 0 Å². The summed E-state index contributed by atoms with van der Waals surface area (Å²) in [4.78, 5) is 27.0. The van der Waals surface area contributed by atoms with E-state index in [1.807, 2.05) is 58.3 Å². The summed E-state index contributed by atoms with van der Waals surface area (Å²) < 4.78 is 33.7. The third-order valence-corrected chi connectivity index (χ3v) is 9.54. The van der Waals surface area contributed by atoms with Crippen LogP contribution in [0.15, 0.2) is 122 Å². The molecule has 0 saturated heterocycles. The number of aromatic nitrogens is 2. The smallest absolute Gasteiger partial charge is 0.199 e. The van der Waals surface area contributed by atoms with Crippen molar-refractivity contribution in [3.63, 3.8) is 0 Å². The molecule has 52 heavy (non-hydrogen) atoms. The normalized spacial score (nSPS) is 13.2. The number of carbonyl (C=O) groups excluding carboxylic acids is 1. The van der Waals surface area contributed by atoms with Gasteiger partial charge in [0.05, 0.1) is 22.5 Å². The zero-order chi connectivity index (χ0) is 35.4. The summed E-state index contributed by atoms with van der Waals surface area (Å²) in [6, 6.07) is 33.1. The molecule has 0 unspecified atom stereocenters. The molecule has 4 aromatic carbocycles. The Balaban J connectivity index is 1.25. The van der Waals surface area contributed by atoms with Gasteiger partial charge in [0.15, 0.2) is 17.4 Å². The summed E-state index contributed by atoms with van der Waals surface area (Å²) in [5.41, 5.74) is 6.46. The Morgan fingerprint density at radius 3 is 1.38 bits per heavy atom. The Bertz CT molecular complexity index is 2270. The molecule has 0 radical (unpaired) electrons. The number of anilines is 2. The standard InChI is InChI=1S/C45H32F2N4O/c46-43-39(25-31(15-17-37-13-5-7-21-48-37)27-41(43)50-23-19-33-9-1-3-11-35(33)29-50)45(52)40-26-32(16-18-38-14-6-8-22-49-38)28-42(44(40)47)51-24-20-34-10-2-4-12-36(34)30-51/h1-14,21-22,25-28H,19-20,23-24,29-30H2. The maximum atomic E-state index is 16.8. The summed E-state index contributed by atoms with van der Waals surface area (Å²) in [5, 5.41) is 0. The number of hydrogen-bond donors (Lipinski definition) is 0. The van der Waals surface area contributed by atoms with Gasteiger partial charge >= 0.3 is 0 Å². The lowest BCUT2D eigenvalue weighted by atomic mass is 9.94. The molecule has 2 aliphatic heterocycles. The van der Waals surface area contributed by atoms with Gasteiger partial charge in [-0.3, -0.25) is 4.79 Å². The maximum Gasteiger partial charge on any atom is 0.199 e. The number of carbonyl (C=O) groups is 1. The molecule has 0 aliphatic carbocycles. The summed E-state index contributed by atoms with van der Waals surface area (Å²) in [7, 11) is 0. The van der Waals surface area contributed by atoms with E-state index in [0.29, 0.717) is 48.7 Å². The molecule has 252 valence electrons. The van der Waals surface area contributed by atoms with Crippen LogP contribution in [-0.4, -0.2) is 28.8 Å². The molecule has 0 spiro atoms. The molecular formula is C45H32F2N4O. The molecule has 4 heterocycles. The van der Waals surface area contributed by atoms with Gasteiger partial charge in [0.1, 0.15) is 11.4 Å². The van der Waals surface area contributed by atoms with E-state index in [9.17, 15) is 4.79 Å². The molecular weight excluding hydrogens is 651 g/mol. The van der Waals surface area contributed by atoms with Gasteiger partial charge in [0.25, 0.3) is 0 Å². The van der Waals surface area contributed by atoms with Crippen molar-refractivity contribution >= 4 is 17.2 Å². The Morgan fingerprint density at radius 2 is 0.962 bits per heavy atom. The van der Waals surface area contributed by atoms with Crippen LogP contribution >= 0.6 is 0 Å². The predicted octanol–water partition coefficient (Wildman–Crippen LogP) is 7.91. The predicted molar refractivity (Wildman–Crippen MR) is 199 cm³/mol. The number of pyridine rings is 2. The second kappa shape index (κ2) is 14.3. The van der Waals surface area contributed by atoms with E-state index in [4.69, 9.17) is 0 Å². The minimum atomic E-state index is -0.782. The first-order valence-electron chi connectivity index (χ1n) is 17.2. The van der Waals surface area contributed by atoms with Crippen molar-refractivity contribution in [1.29, 1.82) is 0 Å². The highest BCUT2D eigenvalue weighted by Gasteiger charge is 2.28. The van der Waals surface area contributed by atoms with E-state index >= 15 is 8.78 Å². The lowest BCUT2D eigenvalue weighted by Crippen LogP contribution is -2.32. The molecule has 0 bridgehead atoms. The van der Waals surface area contributed by atoms with Crippen LogP contribution in [0.25, 0.3) is 0 Å². The Morgan fingerprint density at radius 1 is 0.538 bits per heavy atom. The molecule has 7 heteroatoms. The molecule has 0 amide bonds. The van der Waals surface area contributed by atoms with Crippen LogP contribution in [0.5, 0.6) is 0 Å². The molecule has 5 nitrogen and oxygen atoms in total. The average molecular weight is 683 g/mol. The van der Waals surface area contributed by atoms with Crippen LogP contribution < -0.4 is 9.80 Å². The van der Waals surface area contributed by atoms with E-state index in [1.54, 1.807) is 48.8 Å². The monoisotopic (exact) mass is 682 g/mol. The Kier molecular flexibility index (Phi) is 9.00. The number of rotatable bonds is 4. The van der Waals surface area contributed by atoms with Crippen LogP contribution in [-0.2, 0) is 25.9 Å². The van der Waals surface area contributed by atoms with Gasteiger partial charge in [-0.1, -0.05) is 72.5 Å². The van der Waals surface area contributed by atoms with Gasteiger partial charge in [-0.05, 0) is 95.5 Å². The summed E-state index contributed by atoms with van der Waals surface area (Å²) in [6.07, 6.45) is 4.73. The molecule has 0 N–H and O–H groups in total. The van der Waals surface area contributed by atoms with Crippen molar-refractivity contribution in [2.75, 3.05) is 22.9 Å². The number of halogens is 2. The quantitative estimate of drug-likeness (QED) is 0.140. The molecule has 6 aromatic rings.